The van der Waals surface area contributed by atoms with Crippen molar-refractivity contribution in [2.45, 2.75) is 37.6 Å². The first-order chi connectivity index (χ1) is 10.8. The number of nitriles is 1. The number of fused-ring (bicyclic) bond motifs is 1. The van der Waals surface area contributed by atoms with E-state index in [2.05, 4.69) is 21.1 Å². The van der Waals surface area contributed by atoms with Crippen LogP contribution < -0.4 is 5.56 Å². The van der Waals surface area contributed by atoms with E-state index < -0.39 is 0 Å². The summed E-state index contributed by atoms with van der Waals surface area (Å²) in [6, 6.07) is 2.51. The zero-order valence-corrected chi connectivity index (χ0v) is 12.2. The van der Waals surface area contributed by atoms with Gasteiger partial charge >= 0.3 is 0 Å². The molecule has 3 heterocycles. The van der Waals surface area contributed by atoms with E-state index in [-0.39, 0.29) is 23.4 Å². The van der Waals surface area contributed by atoms with Gasteiger partial charge in [-0.2, -0.15) is 10.4 Å². The van der Waals surface area contributed by atoms with Gasteiger partial charge in [-0.15, -0.1) is 0 Å². The molecule has 1 saturated heterocycles. The van der Waals surface area contributed by atoms with Crippen LogP contribution in [0.25, 0.3) is 11.0 Å². The van der Waals surface area contributed by atoms with E-state index in [0.29, 0.717) is 30.1 Å². The molecular weight excluding hydrogens is 282 g/mol. The second-order valence-electron chi connectivity index (χ2n) is 6.04. The van der Waals surface area contributed by atoms with E-state index in [1.165, 1.54) is 0 Å². The molecule has 7 heteroatoms. The third-order valence-electron chi connectivity index (χ3n) is 4.81. The molecule has 4 rings (SSSR count). The van der Waals surface area contributed by atoms with E-state index in [1.807, 2.05) is 4.68 Å². The molecule has 0 amide bonds. The molecule has 0 bridgehead atoms. The third kappa shape index (κ3) is 2.03. The number of rotatable bonds is 2. The van der Waals surface area contributed by atoms with Crippen molar-refractivity contribution in [2.75, 3.05) is 13.2 Å². The first-order valence-electron chi connectivity index (χ1n) is 7.72. The van der Waals surface area contributed by atoms with Gasteiger partial charge in [0.15, 0.2) is 5.65 Å². The molecule has 1 saturated carbocycles. The molecule has 2 aromatic rings. The van der Waals surface area contributed by atoms with Gasteiger partial charge in [0.25, 0.3) is 5.56 Å². The van der Waals surface area contributed by atoms with Crippen LogP contribution in [0.4, 0.5) is 0 Å². The summed E-state index contributed by atoms with van der Waals surface area (Å²) in [5, 5.41) is 14.0. The van der Waals surface area contributed by atoms with Gasteiger partial charge in [0.1, 0.15) is 11.2 Å². The minimum absolute atomic E-state index is 0.0416. The van der Waals surface area contributed by atoms with Gasteiger partial charge in [0.2, 0.25) is 0 Å². The normalized spacial score (nSPS) is 25.8. The molecule has 0 spiro atoms. The predicted molar refractivity (Wildman–Crippen MR) is 78.3 cm³/mol. The maximum atomic E-state index is 12.3. The zero-order valence-electron chi connectivity index (χ0n) is 12.2. The van der Waals surface area contributed by atoms with Crippen LogP contribution >= 0.6 is 0 Å². The molecule has 2 atom stereocenters. The SMILES string of the molecule is N#C[C@@H]1CC[C@H]1c1nc2c(cnn2C2CCOCC2)c(=O)[nH]1. The van der Waals surface area contributed by atoms with Crippen molar-refractivity contribution in [2.24, 2.45) is 5.92 Å². The minimum Gasteiger partial charge on any atom is -0.381 e. The maximum Gasteiger partial charge on any atom is 0.262 e. The number of aromatic nitrogens is 4. The molecule has 2 aromatic heterocycles. The maximum absolute atomic E-state index is 12.3. The standard InChI is InChI=1S/C15H17N5O2/c16-7-9-1-2-11(9)13-18-14-12(15(21)19-13)8-17-20(14)10-3-5-22-6-4-10/h8-11H,1-6H2,(H,18,19,21)/t9-,11+/m0/s1. The fourth-order valence-electron chi connectivity index (χ4n) is 3.31. The minimum atomic E-state index is -0.165. The quantitative estimate of drug-likeness (QED) is 0.906. The van der Waals surface area contributed by atoms with Crippen LogP contribution in [0.3, 0.4) is 0 Å². The summed E-state index contributed by atoms with van der Waals surface area (Å²) < 4.78 is 7.24. The van der Waals surface area contributed by atoms with Crippen LogP contribution in [0.5, 0.6) is 0 Å². The highest BCUT2D eigenvalue weighted by Gasteiger charge is 2.34. The largest absolute Gasteiger partial charge is 0.381 e. The monoisotopic (exact) mass is 299 g/mol. The number of nitrogens with one attached hydrogen (secondary N) is 1. The Balaban J connectivity index is 1.78. The Hall–Kier alpha value is -2.20. The second kappa shape index (κ2) is 5.21. The molecule has 1 aliphatic heterocycles. The third-order valence-corrected chi connectivity index (χ3v) is 4.81. The van der Waals surface area contributed by atoms with Crippen molar-refractivity contribution in [3.05, 3.63) is 22.4 Å². The van der Waals surface area contributed by atoms with Crippen molar-refractivity contribution < 1.29 is 4.74 Å². The smallest absolute Gasteiger partial charge is 0.262 e. The van der Waals surface area contributed by atoms with Gasteiger partial charge in [0.05, 0.1) is 24.2 Å². The van der Waals surface area contributed by atoms with Crippen LogP contribution in [0, 0.1) is 17.2 Å². The number of hydrogen-bond donors (Lipinski definition) is 1. The summed E-state index contributed by atoms with van der Waals surface area (Å²) in [6.45, 7) is 1.42. The lowest BCUT2D eigenvalue weighted by Gasteiger charge is -2.30. The molecule has 1 N–H and O–H groups in total. The Bertz CT molecular complexity index is 796. The van der Waals surface area contributed by atoms with Crippen LogP contribution in [0.15, 0.2) is 11.0 Å². The lowest BCUT2D eigenvalue weighted by Crippen LogP contribution is -2.27. The summed E-state index contributed by atoms with van der Waals surface area (Å²) >= 11 is 0. The number of aromatic amines is 1. The highest BCUT2D eigenvalue weighted by Crippen LogP contribution is 2.40. The Morgan fingerprint density at radius 1 is 1.32 bits per heavy atom. The molecule has 0 radical (unpaired) electrons. The zero-order chi connectivity index (χ0) is 15.1. The van der Waals surface area contributed by atoms with Gasteiger partial charge in [-0.25, -0.2) is 9.67 Å². The summed E-state index contributed by atoms with van der Waals surface area (Å²) in [4.78, 5) is 19.8. The van der Waals surface area contributed by atoms with Crippen molar-refractivity contribution in [1.82, 2.24) is 19.7 Å². The number of nitrogens with zero attached hydrogens (tertiary/aromatic N) is 4. The first kappa shape index (κ1) is 13.5. The van der Waals surface area contributed by atoms with Gasteiger partial charge in [-0.1, -0.05) is 0 Å². The van der Waals surface area contributed by atoms with Crippen LogP contribution in [-0.2, 0) is 4.74 Å². The second-order valence-corrected chi connectivity index (χ2v) is 6.04. The molecule has 0 aromatic carbocycles. The van der Waals surface area contributed by atoms with Crippen LogP contribution in [0.2, 0.25) is 0 Å². The number of H-pyrrole nitrogens is 1. The fourth-order valence-corrected chi connectivity index (χ4v) is 3.31. The van der Waals surface area contributed by atoms with E-state index in [1.54, 1.807) is 6.20 Å². The average molecular weight is 299 g/mol. The summed E-state index contributed by atoms with van der Waals surface area (Å²) in [6.07, 6.45) is 5.12. The van der Waals surface area contributed by atoms with E-state index in [9.17, 15) is 4.79 Å². The lowest BCUT2D eigenvalue weighted by atomic mass is 9.74. The summed E-state index contributed by atoms with van der Waals surface area (Å²) in [5.41, 5.74) is 0.469. The van der Waals surface area contributed by atoms with E-state index >= 15 is 0 Å². The number of ether oxygens (including phenoxy) is 1. The summed E-state index contributed by atoms with van der Waals surface area (Å²) in [7, 11) is 0. The Labute approximate surface area is 126 Å². The molecule has 22 heavy (non-hydrogen) atoms. The van der Waals surface area contributed by atoms with Gasteiger partial charge in [-0.3, -0.25) is 4.79 Å². The molecule has 2 fully saturated rings. The van der Waals surface area contributed by atoms with Crippen LogP contribution in [0.1, 0.15) is 43.5 Å². The topological polar surface area (TPSA) is 96.6 Å². The molecule has 1 aliphatic carbocycles. The predicted octanol–water partition coefficient (Wildman–Crippen LogP) is 1.49. The van der Waals surface area contributed by atoms with Crippen LogP contribution in [-0.4, -0.2) is 33.0 Å². The molecule has 2 aliphatic rings. The van der Waals surface area contributed by atoms with Gasteiger partial charge in [0, 0.05) is 19.1 Å². The van der Waals surface area contributed by atoms with Gasteiger partial charge in [-0.05, 0) is 25.7 Å². The highest BCUT2D eigenvalue weighted by atomic mass is 16.5. The van der Waals surface area contributed by atoms with Crippen molar-refractivity contribution in [3.8, 4) is 6.07 Å². The molecular formula is C15H17N5O2. The Kier molecular flexibility index (Phi) is 3.19. The van der Waals surface area contributed by atoms with E-state index in [0.717, 1.165) is 25.7 Å². The fraction of sp³-hybridized carbons (Fsp3) is 0.600. The van der Waals surface area contributed by atoms with Crippen molar-refractivity contribution in [3.63, 3.8) is 0 Å². The van der Waals surface area contributed by atoms with Gasteiger partial charge < -0.3 is 9.72 Å². The highest BCUT2D eigenvalue weighted by molar-refractivity contribution is 5.73. The molecule has 7 nitrogen and oxygen atoms in total. The van der Waals surface area contributed by atoms with E-state index in [4.69, 9.17) is 10.00 Å². The van der Waals surface area contributed by atoms with Crippen molar-refractivity contribution >= 4 is 11.0 Å². The molecule has 0 unspecified atom stereocenters. The molecule has 114 valence electrons. The number of hydrogen-bond acceptors (Lipinski definition) is 5. The Morgan fingerprint density at radius 3 is 2.82 bits per heavy atom. The van der Waals surface area contributed by atoms with Crippen molar-refractivity contribution in [1.29, 1.82) is 5.26 Å². The summed E-state index contributed by atoms with van der Waals surface area (Å²) in [5.74, 6) is 0.629. The lowest BCUT2D eigenvalue weighted by molar-refractivity contribution is 0.0673. The Morgan fingerprint density at radius 2 is 2.14 bits per heavy atom. The average Bonchev–Trinajstić information content (AvgIpc) is 2.92. The first-order valence-corrected chi connectivity index (χ1v) is 7.72.